The lowest BCUT2D eigenvalue weighted by atomic mass is 9.84. The average molecular weight is 251 g/mol. The third-order valence-electron chi connectivity index (χ3n) is 3.58. The van der Waals surface area contributed by atoms with Gasteiger partial charge in [0.1, 0.15) is 11.9 Å². The number of halogens is 1. The summed E-state index contributed by atoms with van der Waals surface area (Å²) in [7, 11) is 0. The van der Waals surface area contributed by atoms with Gasteiger partial charge in [0.05, 0.1) is 0 Å². The Hall–Kier alpha value is -0.950. The molecule has 92 valence electrons. The van der Waals surface area contributed by atoms with Crippen LogP contribution in [0.2, 0.25) is 5.02 Å². The van der Waals surface area contributed by atoms with Crippen LogP contribution in [0.3, 0.4) is 0 Å². The molecule has 1 aliphatic rings. The van der Waals surface area contributed by atoms with E-state index in [0.717, 1.165) is 23.6 Å². The summed E-state index contributed by atoms with van der Waals surface area (Å²) in [6.45, 7) is 6.68. The molecule has 17 heavy (non-hydrogen) atoms. The molecule has 0 aromatic heterocycles. The van der Waals surface area contributed by atoms with Crippen LogP contribution >= 0.6 is 11.6 Å². The van der Waals surface area contributed by atoms with Crippen molar-refractivity contribution in [2.45, 2.75) is 39.7 Å². The van der Waals surface area contributed by atoms with Gasteiger partial charge < -0.3 is 4.74 Å². The molecule has 0 spiro atoms. The Morgan fingerprint density at radius 2 is 1.88 bits per heavy atom. The van der Waals surface area contributed by atoms with Crippen LogP contribution in [0.25, 0.3) is 0 Å². The predicted octanol–water partition coefficient (Wildman–Crippen LogP) is 4.85. The minimum atomic E-state index is 0.275. The second-order valence-electron chi connectivity index (χ2n) is 5.06. The van der Waals surface area contributed by atoms with Crippen molar-refractivity contribution in [3.05, 3.63) is 40.4 Å². The molecule has 0 bridgehead atoms. The average Bonchev–Trinajstić information content (AvgIpc) is 2.26. The molecule has 0 fully saturated rings. The molecule has 1 aromatic carbocycles. The Labute approximate surface area is 108 Å². The molecule has 0 saturated heterocycles. The van der Waals surface area contributed by atoms with E-state index in [9.17, 15) is 0 Å². The van der Waals surface area contributed by atoms with Gasteiger partial charge in [-0.15, -0.1) is 0 Å². The van der Waals surface area contributed by atoms with Crippen LogP contribution in [-0.2, 0) is 0 Å². The third-order valence-corrected chi connectivity index (χ3v) is 3.82. The fourth-order valence-corrected chi connectivity index (χ4v) is 2.52. The summed E-state index contributed by atoms with van der Waals surface area (Å²) in [4.78, 5) is 0. The van der Waals surface area contributed by atoms with Crippen LogP contribution in [0.4, 0.5) is 0 Å². The quantitative estimate of drug-likeness (QED) is 0.682. The highest BCUT2D eigenvalue weighted by atomic mass is 35.5. The summed E-state index contributed by atoms with van der Waals surface area (Å²) in [5, 5.41) is 0.731. The largest absolute Gasteiger partial charge is 0.490 e. The molecule has 1 nitrogen and oxygen atoms in total. The second-order valence-corrected chi connectivity index (χ2v) is 5.50. The van der Waals surface area contributed by atoms with Crippen molar-refractivity contribution in [1.82, 2.24) is 0 Å². The molecule has 0 amide bonds. The molecule has 2 rings (SSSR count). The molecule has 0 heterocycles. The first kappa shape index (κ1) is 12.5. The summed E-state index contributed by atoms with van der Waals surface area (Å²) < 4.78 is 6.05. The molecule has 1 aliphatic carbocycles. The van der Waals surface area contributed by atoms with Crippen molar-refractivity contribution in [3.8, 4) is 5.75 Å². The van der Waals surface area contributed by atoms with Crippen LogP contribution in [0, 0.1) is 5.92 Å². The Morgan fingerprint density at radius 3 is 2.59 bits per heavy atom. The van der Waals surface area contributed by atoms with Gasteiger partial charge in [-0.1, -0.05) is 35.7 Å². The van der Waals surface area contributed by atoms with Gasteiger partial charge in [0.25, 0.3) is 0 Å². The number of rotatable bonds is 2. The summed E-state index contributed by atoms with van der Waals surface area (Å²) >= 11 is 5.96. The maximum absolute atomic E-state index is 6.05. The van der Waals surface area contributed by atoms with Gasteiger partial charge in [-0.2, -0.15) is 0 Å². The van der Waals surface area contributed by atoms with Gasteiger partial charge in [0.2, 0.25) is 0 Å². The molecule has 0 aliphatic heterocycles. The zero-order valence-electron chi connectivity index (χ0n) is 10.7. The smallest absolute Gasteiger partial charge is 0.121 e. The standard InChI is InChI=1S/C15H19ClO/c1-10-7-12(3)15(8-11(10)2)17-14-6-4-5-13(16)9-14/h4-6,9,12,15H,7-8H2,1-3H3/t12-,15-/m1/s1. The molecule has 2 atom stereocenters. The first-order valence-corrected chi connectivity index (χ1v) is 6.51. The van der Waals surface area contributed by atoms with Gasteiger partial charge >= 0.3 is 0 Å². The molecule has 0 saturated carbocycles. The maximum Gasteiger partial charge on any atom is 0.121 e. The highest BCUT2D eigenvalue weighted by Gasteiger charge is 2.25. The van der Waals surface area contributed by atoms with E-state index in [2.05, 4.69) is 20.8 Å². The highest BCUT2D eigenvalue weighted by Crippen LogP contribution is 2.32. The molecular weight excluding hydrogens is 232 g/mol. The van der Waals surface area contributed by atoms with E-state index < -0.39 is 0 Å². The monoisotopic (exact) mass is 250 g/mol. The number of ether oxygens (including phenoxy) is 1. The summed E-state index contributed by atoms with van der Waals surface area (Å²) in [5.74, 6) is 1.44. The Morgan fingerprint density at radius 1 is 1.18 bits per heavy atom. The Bertz CT molecular complexity index is 436. The van der Waals surface area contributed by atoms with E-state index in [4.69, 9.17) is 16.3 Å². The molecular formula is C15H19ClO. The van der Waals surface area contributed by atoms with E-state index >= 15 is 0 Å². The van der Waals surface area contributed by atoms with Gasteiger partial charge in [0, 0.05) is 11.4 Å². The fraction of sp³-hybridized carbons (Fsp3) is 0.467. The first-order valence-electron chi connectivity index (χ1n) is 6.13. The van der Waals surface area contributed by atoms with E-state index in [1.165, 1.54) is 11.1 Å². The predicted molar refractivity (Wildman–Crippen MR) is 72.6 cm³/mol. The zero-order valence-corrected chi connectivity index (χ0v) is 11.4. The summed E-state index contributed by atoms with van der Waals surface area (Å²) in [5.41, 5.74) is 2.98. The van der Waals surface area contributed by atoms with Crippen molar-refractivity contribution < 1.29 is 4.74 Å². The molecule has 0 unspecified atom stereocenters. The second kappa shape index (κ2) is 5.14. The van der Waals surface area contributed by atoms with E-state index in [0.29, 0.717) is 5.92 Å². The van der Waals surface area contributed by atoms with E-state index in [1.807, 2.05) is 24.3 Å². The Kier molecular flexibility index (Phi) is 3.78. The lowest BCUT2D eigenvalue weighted by Gasteiger charge is -2.31. The van der Waals surface area contributed by atoms with Crippen molar-refractivity contribution >= 4 is 11.6 Å². The minimum Gasteiger partial charge on any atom is -0.490 e. The number of benzene rings is 1. The molecule has 0 radical (unpaired) electrons. The minimum absolute atomic E-state index is 0.275. The topological polar surface area (TPSA) is 9.23 Å². The normalized spacial score (nSPS) is 24.9. The number of hydrogen-bond donors (Lipinski definition) is 0. The number of hydrogen-bond acceptors (Lipinski definition) is 1. The van der Waals surface area contributed by atoms with Gasteiger partial charge in [0.15, 0.2) is 0 Å². The van der Waals surface area contributed by atoms with Crippen molar-refractivity contribution in [1.29, 1.82) is 0 Å². The first-order chi connectivity index (χ1) is 8.06. The van der Waals surface area contributed by atoms with Crippen LogP contribution in [-0.4, -0.2) is 6.10 Å². The van der Waals surface area contributed by atoms with E-state index in [1.54, 1.807) is 0 Å². The Balaban J connectivity index is 2.10. The van der Waals surface area contributed by atoms with Crippen LogP contribution in [0.15, 0.2) is 35.4 Å². The van der Waals surface area contributed by atoms with Crippen LogP contribution in [0.1, 0.15) is 33.6 Å². The number of allylic oxidation sites excluding steroid dienone is 1. The maximum atomic E-state index is 6.05. The van der Waals surface area contributed by atoms with Crippen molar-refractivity contribution in [3.63, 3.8) is 0 Å². The van der Waals surface area contributed by atoms with Crippen molar-refractivity contribution in [2.75, 3.05) is 0 Å². The zero-order chi connectivity index (χ0) is 12.4. The summed E-state index contributed by atoms with van der Waals surface area (Å²) in [6.07, 6.45) is 2.44. The van der Waals surface area contributed by atoms with Gasteiger partial charge in [-0.3, -0.25) is 0 Å². The van der Waals surface area contributed by atoms with E-state index in [-0.39, 0.29) is 6.10 Å². The van der Waals surface area contributed by atoms with Crippen LogP contribution in [0.5, 0.6) is 5.75 Å². The molecule has 1 aromatic rings. The van der Waals surface area contributed by atoms with Crippen molar-refractivity contribution in [2.24, 2.45) is 5.92 Å². The molecule has 0 N–H and O–H groups in total. The molecule has 2 heteroatoms. The highest BCUT2D eigenvalue weighted by molar-refractivity contribution is 6.30. The lowest BCUT2D eigenvalue weighted by molar-refractivity contribution is 0.134. The summed E-state index contributed by atoms with van der Waals surface area (Å²) in [6, 6.07) is 7.65. The van der Waals surface area contributed by atoms with Crippen LogP contribution < -0.4 is 4.74 Å². The third kappa shape index (κ3) is 3.04. The van der Waals surface area contributed by atoms with Gasteiger partial charge in [-0.25, -0.2) is 0 Å². The fourth-order valence-electron chi connectivity index (χ4n) is 2.34. The SMILES string of the molecule is CC1=C(C)C[C@@H](Oc2cccc(Cl)c2)[C@H](C)C1. The van der Waals surface area contributed by atoms with Gasteiger partial charge in [-0.05, 0) is 44.4 Å². The lowest BCUT2D eigenvalue weighted by Crippen LogP contribution is -2.29.